The van der Waals surface area contributed by atoms with Crippen LogP contribution in [0.2, 0.25) is 0 Å². The van der Waals surface area contributed by atoms with Crippen LogP contribution in [-0.2, 0) is 13.0 Å². The van der Waals surface area contributed by atoms with Crippen LogP contribution < -0.4 is 14.8 Å². The quantitative estimate of drug-likeness (QED) is 0.853. The number of para-hydroxylation sites is 1. The van der Waals surface area contributed by atoms with Crippen LogP contribution in [0.1, 0.15) is 11.1 Å². The topological polar surface area (TPSA) is 50.7 Å². The second kappa shape index (κ2) is 6.61. The molecule has 2 aromatic carbocycles. The van der Waals surface area contributed by atoms with Crippen molar-refractivity contribution in [2.75, 3.05) is 13.3 Å². The van der Waals surface area contributed by atoms with Crippen LogP contribution in [-0.4, -0.2) is 24.5 Å². The van der Waals surface area contributed by atoms with Gasteiger partial charge in [-0.15, -0.1) is 0 Å². The van der Waals surface area contributed by atoms with Gasteiger partial charge in [0.2, 0.25) is 6.79 Å². The van der Waals surface area contributed by atoms with E-state index in [1.54, 1.807) is 0 Å². The van der Waals surface area contributed by atoms with Crippen molar-refractivity contribution in [2.45, 2.75) is 19.1 Å². The van der Waals surface area contributed by atoms with Crippen molar-refractivity contribution in [3.8, 4) is 11.5 Å². The summed E-state index contributed by atoms with van der Waals surface area (Å²) in [5.41, 5.74) is 2.20. The molecule has 1 aliphatic heterocycles. The number of aliphatic hydroxyl groups excluding tert-OH is 1. The number of nitrogens with one attached hydrogen (secondary N) is 1. The first-order valence-corrected chi connectivity index (χ1v) is 7.13. The van der Waals surface area contributed by atoms with Gasteiger partial charge in [0.1, 0.15) is 0 Å². The van der Waals surface area contributed by atoms with Crippen molar-refractivity contribution in [3.63, 3.8) is 0 Å². The van der Waals surface area contributed by atoms with Crippen LogP contribution in [0.5, 0.6) is 11.5 Å². The van der Waals surface area contributed by atoms with Crippen LogP contribution in [0.25, 0.3) is 0 Å². The number of ether oxygens (including phenoxy) is 2. The van der Waals surface area contributed by atoms with Gasteiger partial charge in [0.25, 0.3) is 0 Å². The van der Waals surface area contributed by atoms with Gasteiger partial charge >= 0.3 is 0 Å². The fourth-order valence-corrected chi connectivity index (χ4v) is 2.46. The minimum absolute atomic E-state index is 0.281. The van der Waals surface area contributed by atoms with E-state index in [2.05, 4.69) is 5.32 Å². The summed E-state index contributed by atoms with van der Waals surface area (Å²) < 4.78 is 10.8. The highest BCUT2D eigenvalue weighted by Crippen LogP contribution is 2.35. The van der Waals surface area contributed by atoms with Gasteiger partial charge in [-0.05, 0) is 18.1 Å². The van der Waals surface area contributed by atoms with E-state index < -0.39 is 6.10 Å². The molecule has 0 amide bonds. The van der Waals surface area contributed by atoms with Gasteiger partial charge in [0.15, 0.2) is 11.5 Å². The Kier molecular flexibility index (Phi) is 4.38. The lowest BCUT2D eigenvalue weighted by molar-refractivity contribution is 0.168. The van der Waals surface area contributed by atoms with E-state index in [4.69, 9.17) is 9.47 Å². The second-order valence-electron chi connectivity index (χ2n) is 5.13. The monoisotopic (exact) mass is 285 g/mol. The molecule has 21 heavy (non-hydrogen) atoms. The maximum atomic E-state index is 10.1. The van der Waals surface area contributed by atoms with Crippen LogP contribution >= 0.6 is 0 Å². The summed E-state index contributed by atoms with van der Waals surface area (Å²) in [5.74, 6) is 1.60. The molecule has 1 aliphatic rings. The maximum absolute atomic E-state index is 10.1. The van der Waals surface area contributed by atoms with Crippen LogP contribution in [0.15, 0.2) is 48.5 Å². The van der Waals surface area contributed by atoms with Gasteiger partial charge in [-0.1, -0.05) is 42.5 Å². The van der Waals surface area contributed by atoms with E-state index in [9.17, 15) is 5.11 Å². The summed E-state index contributed by atoms with van der Waals surface area (Å²) >= 11 is 0. The summed E-state index contributed by atoms with van der Waals surface area (Å²) in [4.78, 5) is 0. The number of benzene rings is 2. The minimum atomic E-state index is -0.402. The summed E-state index contributed by atoms with van der Waals surface area (Å²) in [6.07, 6.45) is 0.252. The number of aliphatic hydroxyl groups is 1. The van der Waals surface area contributed by atoms with E-state index in [1.165, 1.54) is 0 Å². The van der Waals surface area contributed by atoms with Crippen molar-refractivity contribution in [2.24, 2.45) is 0 Å². The van der Waals surface area contributed by atoms with Crippen LogP contribution in [0, 0.1) is 0 Å². The molecular weight excluding hydrogens is 266 g/mol. The van der Waals surface area contributed by atoms with E-state index in [-0.39, 0.29) is 6.79 Å². The zero-order valence-corrected chi connectivity index (χ0v) is 11.8. The molecule has 0 aliphatic carbocycles. The van der Waals surface area contributed by atoms with Gasteiger partial charge in [-0.3, -0.25) is 0 Å². The number of fused-ring (bicyclic) bond motifs is 1. The molecule has 0 spiro atoms. The summed E-state index contributed by atoms with van der Waals surface area (Å²) in [5, 5.41) is 13.3. The molecule has 4 nitrogen and oxygen atoms in total. The van der Waals surface area contributed by atoms with E-state index in [0.717, 1.165) is 22.6 Å². The van der Waals surface area contributed by atoms with Gasteiger partial charge in [0.05, 0.1) is 6.10 Å². The number of rotatable bonds is 6. The predicted molar refractivity (Wildman–Crippen MR) is 80.4 cm³/mol. The third kappa shape index (κ3) is 3.54. The molecule has 0 saturated carbocycles. The standard InChI is InChI=1S/C17H19NO3/c19-15(9-13-5-2-1-3-6-13)11-18-10-14-7-4-8-16-17(14)21-12-20-16/h1-8,15,18-19H,9-12H2. The van der Waals surface area contributed by atoms with Crippen molar-refractivity contribution in [1.82, 2.24) is 5.32 Å². The number of hydrogen-bond donors (Lipinski definition) is 2. The Bertz CT molecular complexity index is 586. The fraction of sp³-hybridized carbons (Fsp3) is 0.294. The summed E-state index contributed by atoms with van der Waals surface area (Å²) in [6, 6.07) is 15.9. The fourth-order valence-electron chi connectivity index (χ4n) is 2.46. The van der Waals surface area contributed by atoms with Gasteiger partial charge < -0.3 is 19.9 Å². The van der Waals surface area contributed by atoms with Crippen molar-refractivity contribution >= 4 is 0 Å². The predicted octanol–water partition coefficient (Wildman–Crippen LogP) is 2.11. The van der Waals surface area contributed by atoms with Gasteiger partial charge in [-0.2, -0.15) is 0 Å². The molecule has 1 atom stereocenters. The zero-order valence-electron chi connectivity index (χ0n) is 11.8. The van der Waals surface area contributed by atoms with E-state index >= 15 is 0 Å². The van der Waals surface area contributed by atoms with Gasteiger partial charge in [-0.25, -0.2) is 0 Å². The van der Waals surface area contributed by atoms with Gasteiger partial charge in [0, 0.05) is 18.7 Å². The lowest BCUT2D eigenvalue weighted by atomic mass is 10.1. The highest BCUT2D eigenvalue weighted by atomic mass is 16.7. The van der Waals surface area contributed by atoms with Crippen molar-refractivity contribution in [1.29, 1.82) is 0 Å². The molecule has 0 aromatic heterocycles. The summed E-state index contributed by atoms with van der Waals surface area (Å²) in [6.45, 7) is 1.47. The SMILES string of the molecule is OC(CNCc1cccc2c1OCO2)Cc1ccccc1. The Morgan fingerprint density at radius 3 is 2.76 bits per heavy atom. The molecule has 110 valence electrons. The molecule has 1 unspecified atom stereocenters. The molecule has 0 radical (unpaired) electrons. The molecule has 0 fully saturated rings. The maximum Gasteiger partial charge on any atom is 0.231 e. The Labute approximate surface area is 124 Å². The van der Waals surface area contributed by atoms with E-state index in [0.29, 0.717) is 19.5 Å². The largest absolute Gasteiger partial charge is 0.454 e. The van der Waals surface area contributed by atoms with Crippen molar-refractivity contribution < 1.29 is 14.6 Å². The average molecular weight is 285 g/mol. The number of hydrogen-bond acceptors (Lipinski definition) is 4. The normalized spacial score (nSPS) is 14.1. The molecule has 0 bridgehead atoms. The average Bonchev–Trinajstić information content (AvgIpc) is 2.97. The first kappa shape index (κ1) is 13.9. The Balaban J connectivity index is 1.49. The first-order valence-electron chi connectivity index (χ1n) is 7.13. The Hall–Kier alpha value is -2.04. The molecule has 3 rings (SSSR count). The molecule has 1 heterocycles. The lowest BCUT2D eigenvalue weighted by Gasteiger charge is -2.12. The van der Waals surface area contributed by atoms with Crippen molar-refractivity contribution in [3.05, 3.63) is 59.7 Å². The first-order chi connectivity index (χ1) is 10.3. The molecule has 4 heteroatoms. The summed E-state index contributed by atoms with van der Waals surface area (Å²) in [7, 11) is 0. The third-order valence-electron chi connectivity index (χ3n) is 3.49. The highest BCUT2D eigenvalue weighted by Gasteiger charge is 2.16. The minimum Gasteiger partial charge on any atom is -0.454 e. The Morgan fingerprint density at radius 1 is 1.05 bits per heavy atom. The molecule has 0 saturated heterocycles. The van der Waals surface area contributed by atoms with Crippen LogP contribution in [0.4, 0.5) is 0 Å². The Morgan fingerprint density at radius 2 is 1.90 bits per heavy atom. The third-order valence-corrected chi connectivity index (χ3v) is 3.49. The second-order valence-corrected chi connectivity index (χ2v) is 5.13. The zero-order chi connectivity index (χ0) is 14.5. The smallest absolute Gasteiger partial charge is 0.231 e. The lowest BCUT2D eigenvalue weighted by Crippen LogP contribution is -2.28. The molecule has 2 N–H and O–H groups in total. The van der Waals surface area contributed by atoms with Crippen LogP contribution in [0.3, 0.4) is 0 Å². The molecular formula is C17H19NO3. The molecule has 2 aromatic rings. The highest BCUT2D eigenvalue weighted by molar-refractivity contribution is 5.48. The van der Waals surface area contributed by atoms with E-state index in [1.807, 2.05) is 48.5 Å².